The highest BCUT2D eigenvalue weighted by atomic mass is 32.2. The Hall–Kier alpha value is -3.28. The van der Waals surface area contributed by atoms with Crippen LogP contribution in [-0.4, -0.2) is 57.1 Å². The van der Waals surface area contributed by atoms with Gasteiger partial charge in [0.05, 0.1) is 24.6 Å². The number of hydrogen-bond acceptors (Lipinski definition) is 5. The summed E-state index contributed by atoms with van der Waals surface area (Å²) in [6, 6.07) is 10.3. The Labute approximate surface area is 234 Å². The molecule has 2 aromatic rings. The van der Waals surface area contributed by atoms with Gasteiger partial charge in [0.25, 0.3) is 0 Å². The summed E-state index contributed by atoms with van der Waals surface area (Å²) >= 11 is 0. The first-order valence-corrected chi connectivity index (χ1v) is 14.9. The number of benzene rings is 2. The van der Waals surface area contributed by atoms with E-state index in [1.54, 1.807) is 31.2 Å². The van der Waals surface area contributed by atoms with Crippen molar-refractivity contribution in [3.63, 3.8) is 0 Å². The molecule has 0 spiro atoms. The molecule has 0 heterocycles. The van der Waals surface area contributed by atoms with Crippen LogP contribution in [-0.2, 0) is 32.3 Å². The van der Waals surface area contributed by atoms with Gasteiger partial charge in [0.1, 0.15) is 11.8 Å². The van der Waals surface area contributed by atoms with Gasteiger partial charge in [-0.3, -0.25) is 13.9 Å². The second-order valence-electron chi connectivity index (χ2n) is 9.60. The van der Waals surface area contributed by atoms with Crippen LogP contribution in [0.1, 0.15) is 57.6 Å². The first kappa shape index (κ1) is 32.9. The van der Waals surface area contributed by atoms with Crippen LogP contribution in [0.3, 0.4) is 0 Å². The molecule has 0 saturated carbocycles. The molecule has 1 N–H and O–H groups in total. The molecule has 0 aliphatic heterocycles. The Morgan fingerprint density at radius 3 is 2.23 bits per heavy atom. The number of halogens is 3. The average molecular weight is 586 g/mol. The van der Waals surface area contributed by atoms with E-state index in [0.29, 0.717) is 18.6 Å². The standard InChI is InChI=1S/C28H38F3N3O5S/c1-6-20(3)32-27(36)25(7-2)33(19-21-13-15-24(39-4)16-14-21)26(35)12-9-17-34(40(5,37)38)23-11-8-10-22(18-23)28(29,30)31/h8,10-11,13-16,18,20,25H,6-7,9,12,17,19H2,1-5H3,(H,32,36)/t20-,25+/m1/s1. The van der Waals surface area contributed by atoms with Crippen molar-refractivity contribution in [2.75, 3.05) is 24.2 Å². The van der Waals surface area contributed by atoms with Crippen molar-refractivity contribution in [1.82, 2.24) is 10.2 Å². The molecule has 0 saturated heterocycles. The monoisotopic (exact) mass is 585 g/mol. The molecular weight excluding hydrogens is 547 g/mol. The van der Waals surface area contributed by atoms with Crippen LogP contribution in [0.2, 0.25) is 0 Å². The van der Waals surface area contributed by atoms with Gasteiger partial charge in [-0.25, -0.2) is 8.42 Å². The van der Waals surface area contributed by atoms with E-state index in [0.717, 1.165) is 34.3 Å². The van der Waals surface area contributed by atoms with Crippen molar-refractivity contribution in [3.8, 4) is 5.75 Å². The number of amides is 2. The maximum Gasteiger partial charge on any atom is 0.416 e. The minimum Gasteiger partial charge on any atom is -0.497 e. The van der Waals surface area contributed by atoms with Crippen LogP contribution in [0, 0.1) is 0 Å². The van der Waals surface area contributed by atoms with Crippen molar-refractivity contribution in [3.05, 3.63) is 59.7 Å². The lowest BCUT2D eigenvalue weighted by molar-refractivity contribution is -0.141. The number of alkyl halides is 3. The fourth-order valence-corrected chi connectivity index (χ4v) is 5.09. The average Bonchev–Trinajstić information content (AvgIpc) is 2.90. The van der Waals surface area contributed by atoms with E-state index in [9.17, 15) is 31.2 Å². The van der Waals surface area contributed by atoms with E-state index < -0.39 is 27.8 Å². The lowest BCUT2D eigenvalue weighted by Crippen LogP contribution is -2.50. The number of carbonyl (C=O) groups is 2. The van der Waals surface area contributed by atoms with E-state index in [2.05, 4.69) is 5.32 Å². The van der Waals surface area contributed by atoms with E-state index >= 15 is 0 Å². The van der Waals surface area contributed by atoms with E-state index in [1.165, 1.54) is 18.1 Å². The maximum absolute atomic E-state index is 13.5. The lowest BCUT2D eigenvalue weighted by Gasteiger charge is -2.32. The third kappa shape index (κ3) is 9.42. The van der Waals surface area contributed by atoms with Gasteiger partial charge in [0.2, 0.25) is 21.8 Å². The molecule has 0 aliphatic rings. The number of ether oxygens (including phenoxy) is 1. The molecule has 8 nitrogen and oxygen atoms in total. The second-order valence-corrected chi connectivity index (χ2v) is 11.5. The maximum atomic E-state index is 13.5. The summed E-state index contributed by atoms with van der Waals surface area (Å²) in [4.78, 5) is 28.0. The third-order valence-electron chi connectivity index (χ3n) is 6.51. The number of nitrogens with zero attached hydrogens (tertiary/aromatic N) is 2. The highest BCUT2D eigenvalue weighted by Crippen LogP contribution is 2.32. The van der Waals surface area contributed by atoms with Crippen molar-refractivity contribution in [1.29, 1.82) is 0 Å². The van der Waals surface area contributed by atoms with Gasteiger partial charge in [-0.2, -0.15) is 13.2 Å². The fourth-order valence-electron chi connectivity index (χ4n) is 4.13. The normalized spacial score (nSPS) is 13.3. The molecule has 2 rings (SSSR count). The zero-order valence-corrected chi connectivity index (χ0v) is 24.3. The first-order valence-electron chi connectivity index (χ1n) is 13.1. The molecule has 2 aromatic carbocycles. The van der Waals surface area contributed by atoms with Crippen LogP contribution in [0.5, 0.6) is 5.75 Å². The van der Waals surface area contributed by atoms with Gasteiger partial charge in [-0.05, 0) is 62.1 Å². The minimum atomic E-state index is -4.64. The minimum absolute atomic E-state index is 0.0324. The molecule has 222 valence electrons. The van der Waals surface area contributed by atoms with Gasteiger partial charge in [-0.1, -0.05) is 32.0 Å². The van der Waals surface area contributed by atoms with Gasteiger partial charge < -0.3 is 15.0 Å². The fraction of sp³-hybridized carbons (Fsp3) is 0.500. The Balaban J connectivity index is 2.27. The summed E-state index contributed by atoms with van der Waals surface area (Å²) in [5.41, 5.74) is -0.344. The Morgan fingerprint density at radius 1 is 1.05 bits per heavy atom. The van der Waals surface area contributed by atoms with Crippen molar-refractivity contribution in [2.45, 2.75) is 71.3 Å². The van der Waals surface area contributed by atoms with Crippen LogP contribution in [0.25, 0.3) is 0 Å². The van der Waals surface area contributed by atoms with Crippen LogP contribution in [0.15, 0.2) is 48.5 Å². The Bertz CT molecular complexity index is 1240. The molecular formula is C28H38F3N3O5S. The molecule has 0 bridgehead atoms. The summed E-state index contributed by atoms with van der Waals surface area (Å²) in [6.07, 6.45) is -2.76. The summed E-state index contributed by atoms with van der Waals surface area (Å²) < 4.78 is 70.6. The van der Waals surface area contributed by atoms with E-state index in [-0.39, 0.29) is 49.5 Å². The molecule has 40 heavy (non-hydrogen) atoms. The van der Waals surface area contributed by atoms with Gasteiger partial charge in [0, 0.05) is 25.6 Å². The lowest BCUT2D eigenvalue weighted by atomic mass is 10.1. The molecule has 0 aliphatic carbocycles. The zero-order chi connectivity index (χ0) is 30.1. The van der Waals surface area contributed by atoms with Crippen LogP contribution in [0.4, 0.5) is 18.9 Å². The number of methoxy groups -OCH3 is 1. The number of carbonyl (C=O) groups excluding carboxylic acids is 2. The summed E-state index contributed by atoms with van der Waals surface area (Å²) in [5.74, 6) is -0.0291. The first-order chi connectivity index (χ1) is 18.7. The third-order valence-corrected chi connectivity index (χ3v) is 7.71. The van der Waals surface area contributed by atoms with Crippen molar-refractivity contribution < 1.29 is 35.9 Å². The molecule has 2 amide bonds. The molecule has 12 heteroatoms. The molecule has 0 unspecified atom stereocenters. The summed E-state index contributed by atoms with van der Waals surface area (Å²) in [6.45, 7) is 5.53. The van der Waals surface area contributed by atoms with Crippen LogP contribution >= 0.6 is 0 Å². The highest BCUT2D eigenvalue weighted by molar-refractivity contribution is 7.92. The highest BCUT2D eigenvalue weighted by Gasteiger charge is 2.32. The summed E-state index contributed by atoms with van der Waals surface area (Å²) in [7, 11) is -2.40. The molecule has 0 fully saturated rings. The van der Waals surface area contributed by atoms with Crippen molar-refractivity contribution >= 4 is 27.5 Å². The van der Waals surface area contributed by atoms with Crippen LogP contribution < -0.4 is 14.4 Å². The second kappa shape index (κ2) is 14.4. The topological polar surface area (TPSA) is 96.0 Å². The number of rotatable bonds is 14. The zero-order valence-electron chi connectivity index (χ0n) is 23.5. The Morgan fingerprint density at radius 2 is 1.70 bits per heavy atom. The summed E-state index contributed by atoms with van der Waals surface area (Å²) in [5, 5.41) is 2.92. The SMILES string of the molecule is CC[C@@H](C)NC(=O)[C@H](CC)N(Cc1ccc(OC)cc1)C(=O)CCCN(c1cccc(C(F)(F)F)c1)S(C)(=O)=O. The van der Waals surface area contributed by atoms with Crippen molar-refractivity contribution in [2.24, 2.45) is 0 Å². The van der Waals surface area contributed by atoms with Gasteiger partial charge in [-0.15, -0.1) is 0 Å². The number of hydrogen-bond donors (Lipinski definition) is 1. The molecule has 0 aromatic heterocycles. The Kier molecular flexibility index (Phi) is 11.8. The largest absolute Gasteiger partial charge is 0.497 e. The van der Waals surface area contributed by atoms with E-state index in [4.69, 9.17) is 4.74 Å². The smallest absolute Gasteiger partial charge is 0.416 e. The van der Waals surface area contributed by atoms with Gasteiger partial charge >= 0.3 is 6.18 Å². The number of nitrogens with one attached hydrogen (secondary N) is 1. The quantitative estimate of drug-likeness (QED) is 0.337. The predicted octanol–water partition coefficient (Wildman–Crippen LogP) is 4.98. The number of sulfonamides is 1. The predicted molar refractivity (Wildman–Crippen MR) is 148 cm³/mol. The molecule has 0 radical (unpaired) electrons. The van der Waals surface area contributed by atoms with E-state index in [1.807, 2.05) is 13.8 Å². The number of anilines is 1. The van der Waals surface area contributed by atoms with Gasteiger partial charge in [0.15, 0.2) is 0 Å². The molecule has 2 atom stereocenters.